The Morgan fingerprint density at radius 3 is 2.41 bits per heavy atom. The van der Waals surface area contributed by atoms with Crippen molar-refractivity contribution in [2.75, 3.05) is 7.11 Å². The highest BCUT2D eigenvalue weighted by atomic mass is 16.5. The predicted molar refractivity (Wildman–Crippen MR) is 67.4 cm³/mol. The van der Waals surface area contributed by atoms with E-state index in [1.807, 2.05) is 13.8 Å². The average molecular weight is 236 g/mol. The van der Waals surface area contributed by atoms with Crippen molar-refractivity contribution in [3.63, 3.8) is 0 Å². The summed E-state index contributed by atoms with van der Waals surface area (Å²) in [5.41, 5.74) is 0.453. The number of ether oxygens (including phenoxy) is 1. The van der Waals surface area contributed by atoms with Crippen molar-refractivity contribution in [3.05, 3.63) is 29.8 Å². The molecule has 1 rings (SSSR count). The summed E-state index contributed by atoms with van der Waals surface area (Å²) in [6.45, 7) is 3.96. The summed E-state index contributed by atoms with van der Waals surface area (Å²) in [6, 6.07) is 6.99. The van der Waals surface area contributed by atoms with Gasteiger partial charge in [0.2, 0.25) is 0 Å². The standard InChI is InChI=1S/C14H20O3/c1-4-10(5-2)13(15)14(16)11-8-6-7-9-12(11)17-3/h6-10,13,15H,4-5H2,1-3H3. The van der Waals surface area contributed by atoms with Gasteiger partial charge in [-0.15, -0.1) is 0 Å². The highest BCUT2D eigenvalue weighted by Gasteiger charge is 2.26. The first kappa shape index (κ1) is 13.7. The van der Waals surface area contributed by atoms with Gasteiger partial charge in [0.1, 0.15) is 11.9 Å². The largest absolute Gasteiger partial charge is 0.496 e. The van der Waals surface area contributed by atoms with Gasteiger partial charge in [0.05, 0.1) is 12.7 Å². The van der Waals surface area contributed by atoms with Crippen molar-refractivity contribution in [2.24, 2.45) is 5.92 Å². The van der Waals surface area contributed by atoms with Gasteiger partial charge in [-0.25, -0.2) is 0 Å². The van der Waals surface area contributed by atoms with Crippen LogP contribution in [0.25, 0.3) is 0 Å². The van der Waals surface area contributed by atoms with E-state index in [2.05, 4.69) is 0 Å². The third kappa shape index (κ3) is 3.07. The van der Waals surface area contributed by atoms with Crippen molar-refractivity contribution in [1.82, 2.24) is 0 Å². The van der Waals surface area contributed by atoms with E-state index in [9.17, 15) is 9.90 Å². The van der Waals surface area contributed by atoms with Crippen LogP contribution >= 0.6 is 0 Å². The van der Waals surface area contributed by atoms with Gasteiger partial charge in [-0.05, 0) is 18.1 Å². The zero-order valence-corrected chi connectivity index (χ0v) is 10.6. The Morgan fingerprint density at radius 1 is 1.29 bits per heavy atom. The fraction of sp³-hybridized carbons (Fsp3) is 0.500. The molecule has 0 bridgehead atoms. The number of aliphatic hydroxyl groups is 1. The zero-order valence-electron chi connectivity index (χ0n) is 10.6. The summed E-state index contributed by atoms with van der Waals surface area (Å²) in [4.78, 5) is 12.2. The first-order chi connectivity index (χ1) is 8.15. The van der Waals surface area contributed by atoms with Crippen LogP contribution in [0.5, 0.6) is 5.75 Å². The number of para-hydroxylation sites is 1. The molecule has 1 aromatic rings. The zero-order chi connectivity index (χ0) is 12.8. The van der Waals surface area contributed by atoms with E-state index in [1.54, 1.807) is 24.3 Å². The SMILES string of the molecule is CCC(CC)C(O)C(=O)c1ccccc1OC. The maximum atomic E-state index is 12.2. The quantitative estimate of drug-likeness (QED) is 0.772. The molecule has 0 saturated heterocycles. The van der Waals surface area contributed by atoms with E-state index in [0.717, 1.165) is 12.8 Å². The van der Waals surface area contributed by atoms with Crippen LogP contribution in [0.3, 0.4) is 0 Å². The third-order valence-electron chi connectivity index (χ3n) is 3.14. The van der Waals surface area contributed by atoms with E-state index < -0.39 is 6.10 Å². The highest BCUT2D eigenvalue weighted by Crippen LogP contribution is 2.23. The second-order valence-electron chi connectivity index (χ2n) is 4.09. The van der Waals surface area contributed by atoms with Crippen molar-refractivity contribution in [2.45, 2.75) is 32.8 Å². The average Bonchev–Trinajstić information content (AvgIpc) is 2.39. The molecule has 1 aromatic carbocycles. The van der Waals surface area contributed by atoms with Gasteiger partial charge in [-0.3, -0.25) is 4.79 Å². The number of benzene rings is 1. The Hall–Kier alpha value is -1.35. The first-order valence-electron chi connectivity index (χ1n) is 6.00. The van der Waals surface area contributed by atoms with Crippen molar-refractivity contribution < 1.29 is 14.6 Å². The number of carbonyl (C=O) groups is 1. The summed E-state index contributed by atoms with van der Waals surface area (Å²) < 4.78 is 5.13. The minimum absolute atomic E-state index is 0.00686. The lowest BCUT2D eigenvalue weighted by molar-refractivity contribution is 0.0585. The van der Waals surface area contributed by atoms with Crippen LogP contribution in [0.1, 0.15) is 37.0 Å². The molecule has 1 N–H and O–H groups in total. The van der Waals surface area contributed by atoms with E-state index in [1.165, 1.54) is 7.11 Å². The van der Waals surface area contributed by atoms with Crippen molar-refractivity contribution >= 4 is 5.78 Å². The molecule has 1 atom stereocenters. The number of rotatable bonds is 6. The lowest BCUT2D eigenvalue weighted by Gasteiger charge is -2.19. The van der Waals surface area contributed by atoms with Crippen LogP contribution in [-0.2, 0) is 0 Å². The van der Waals surface area contributed by atoms with E-state index in [0.29, 0.717) is 11.3 Å². The number of hydrogen-bond donors (Lipinski definition) is 1. The number of ketones is 1. The molecule has 3 nitrogen and oxygen atoms in total. The molecular weight excluding hydrogens is 216 g/mol. The fourth-order valence-electron chi connectivity index (χ4n) is 1.96. The Balaban J connectivity index is 2.95. The molecule has 0 aliphatic rings. The van der Waals surface area contributed by atoms with Crippen molar-refractivity contribution in [3.8, 4) is 5.75 Å². The first-order valence-corrected chi connectivity index (χ1v) is 6.00. The maximum absolute atomic E-state index is 12.2. The third-order valence-corrected chi connectivity index (χ3v) is 3.14. The van der Waals surface area contributed by atoms with Crippen LogP contribution in [0.15, 0.2) is 24.3 Å². The second kappa shape index (κ2) is 6.40. The molecule has 0 aromatic heterocycles. The minimum atomic E-state index is -0.943. The topological polar surface area (TPSA) is 46.5 Å². The molecule has 3 heteroatoms. The van der Waals surface area contributed by atoms with E-state index >= 15 is 0 Å². The molecular formula is C14H20O3. The van der Waals surface area contributed by atoms with Crippen LogP contribution < -0.4 is 4.74 Å². The Kier molecular flexibility index (Phi) is 5.16. The molecule has 0 spiro atoms. The molecule has 0 heterocycles. The molecule has 17 heavy (non-hydrogen) atoms. The minimum Gasteiger partial charge on any atom is -0.496 e. The summed E-state index contributed by atoms with van der Waals surface area (Å²) in [6.07, 6.45) is 0.637. The van der Waals surface area contributed by atoms with Gasteiger partial charge in [0.25, 0.3) is 0 Å². The fourth-order valence-corrected chi connectivity index (χ4v) is 1.96. The van der Waals surface area contributed by atoms with Gasteiger partial charge in [-0.2, -0.15) is 0 Å². The van der Waals surface area contributed by atoms with Gasteiger partial charge in [0, 0.05) is 0 Å². The second-order valence-corrected chi connectivity index (χ2v) is 4.09. The number of hydrogen-bond acceptors (Lipinski definition) is 3. The molecule has 0 aliphatic heterocycles. The molecule has 0 saturated carbocycles. The summed E-state index contributed by atoms with van der Waals surface area (Å²) in [5, 5.41) is 10.0. The normalized spacial score (nSPS) is 12.5. The molecule has 94 valence electrons. The van der Waals surface area contributed by atoms with E-state index in [4.69, 9.17) is 4.74 Å². The Bertz CT molecular complexity index is 369. The molecule has 0 fully saturated rings. The predicted octanol–water partition coefficient (Wildman–Crippen LogP) is 2.68. The van der Waals surface area contributed by atoms with Crippen LogP contribution in [0.2, 0.25) is 0 Å². The summed E-state index contributed by atoms with van der Waals surface area (Å²) >= 11 is 0. The van der Waals surface area contributed by atoms with E-state index in [-0.39, 0.29) is 11.7 Å². The molecule has 0 amide bonds. The van der Waals surface area contributed by atoms with Gasteiger partial charge in [-0.1, -0.05) is 38.8 Å². The smallest absolute Gasteiger partial charge is 0.195 e. The van der Waals surface area contributed by atoms with Crippen molar-refractivity contribution in [1.29, 1.82) is 0 Å². The Morgan fingerprint density at radius 2 is 1.88 bits per heavy atom. The Labute approximate surface area is 102 Å². The number of methoxy groups -OCH3 is 1. The highest BCUT2D eigenvalue weighted by molar-refractivity contribution is 6.01. The summed E-state index contributed by atoms with van der Waals surface area (Å²) in [7, 11) is 1.52. The number of Topliss-reactive ketones (excluding diaryl/α,β-unsaturated/α-hetero) is 1. The van der Waals surface area contributed by atoms with Gasteiger partial charge >= 0.3 is 0 Å². The monoisotopic (exact) mass is 236 g/mol. The van der Waals surface area contributed by atoms with Crippen LogP contribution in [0.4, 0.5) is 0 Å². The summed E-state index contributed by atoms with van der Waals surface area (Å²) in [5.74, 6) is 0.270. The molecule has 0 radical (unpaired) electrons. The van der Waals surface area contributed by atoms with Crippen LogP contribution in [-0.4, -0.2) is 24.1 Å². The lowest BCUT2D eigenvalue weighted by atomic mass is 9.90. The van der Waals surface area contributed by atoms with Gasteiger partial charge in [0.15, 0.2) is 5.78 Å². The van der Waals surface area contributed by atoms with Crippen LogP contribution in [0, 0.1) is 5.92 Å². The molecule has 0 aliphatic carbocycles. The number of aliphatic hydroxyl groups excluding tert-OH is 1. The van der Waals surface area contributed by atoms with Gasteiger partial charge < -0.3 is 9.84 Å². The number of carbonyl (C=O) groups excluding carboxylic acids is 1. The molecule has 1 unspecified atom stereocenters. The lowest BCUT2D eigenvalue weighted by Crippen LogP contribution is -2.29. The maximum Gasteiger partial charge on any atom is 0.195 e.